The van der Waals surface area contributed by atoms with Crippen LogP contribution >= 0.6 is 11.8 Å². The first-order valence-electron chi connectivity index (χ1n) is 6.09. The number of aryl methyl sites for hydroxylation is 1. The summed E-state index contributed by atoms with van der Waals surface area (Å²) in [5.74, 6) is 4.90. The number of aromatic nitrogens is 7. The highest BCUT2D eigenvalue weighted by atomic mass is 32.2. The lowest BCUT2D eigenvalue weighted by atomic mass is 10.3. The first-order valence-corrected chi connectivity index (χ1v) is 7.07. The molecule has 0 spiro atoms. The van der Waals surface area contributed by atoms with E-state index in [4.69, 9.17) is 5.84 Å². The lowest BCUT2D eigenvalue weighted by Gasteiger charge is -2.06. The van der Waals surface area contributed by atoms with Crippen LogP contribution in [0.25, 0.3) is 0 Å². The average Bonchev–Trinajstić information content (AvgIpc) is 2.99. The van der Waals surface area contributed by atoms with Crippen molar-refractivity contribution in [3.63, 3.8) is 0 Å². The lowest BCUT2D eigenvalue weighted by molar-refractivity contribution is -0.146. The summed E-state index contributed by atoms with van der Waals surface area (Å²) in [5.41, 5.74) is 0. The van der Waals surface area contributed by atoms with Crippen LogP contribution in [0, 0.1) is 0 Å². The van der Waals surface area contributed by atoms with Gasteiger partial charge in [0.15, 0.2) is 5.82 Å². The minimum atomic E-state index is -4.64. The number of nitrogens with zero attached hydrogens (tertiary/aromatic N) is 7. The Morgan fingerprint density at radius 1 is 1.24 bits per heavy atom. The molecule has 2 rings (SSSR count). The zero-order chi connectivity index (χ0) is 15.5. The second kappa shape index (κ2) is 6.28. The smallest absolute Gasteiger partial charge is 0.335 e. The molecule has 0 radical (unpaired) electrons. The number of nitrogens with two attached hydrogens (primary N) is 1. The standard InChI is InChI=1S/C9H13F3N8S/c1-2-3-4-19-6(14-17-18-19)5-21-8-16-15-7(20(8)13)9(10,11)12/h2-5,13H2,1H3. The van der Waals surface area contributed by atoms with Crippen molar-refractivity contribution in [1.29, 1.82) is 0 Å². The number of rotatable bonds is 6. The van der Waals surface area contributed by atoms with Crippen LogP contribution in [0.4, 0.5) is 13.2 Å². The van der Waals surface area contributed by atoms with E-state index in [1.165, 1.54) is 0 Å². The number of thioether (sulfide) groups is 1. The maximum Gasteiger partial charge on any atom is 0.453 e. The van der Waals surface area contributed by atoms with E-state index in [0.717, 1.165) is 24.6 Å². The Hall–Kier alpha value is -1.85. The van der Waals surface area contributed by atoms with Crippen LogP contribution in [0.15, 0.2) is 5.16 Å². The summed E-state index contributed by atoms with van der Waals surface area (Å²) in [4.78, 5) is 0. The minimum Gasteiger partial charge on any atom is -0.335 e. The van der Waals surface area contributed by atoms with Gasteiger partial charge in [0.05, 0.1) is 5.75 Å². The first-order chi connectivity index (χ1) is 9.93. The van der Waals surface area contributed by atoms with Gasteiger partial charge < -0.3 is 5.84 Å². The largest absolute Gasteiger partial charge is 0.453 e. The molecule has 0 saturated carbocycles. The van der Waals surface area contributed by atoms with Crippen molar-refractivity contribution in [3.05, 3.63) is 11.6 Å². The molecule has 0 fully saturated rings. The van der Waals surface area contributed by atoms with Gasteiger partial charge in [0, 0.05) is 6.54 Å². The van der Waals surface area contributed by atoms with Crippen LogP contribution in [-0.4, -0.2) is 35.1 Å². The summed E-state index contributed by atoms with van der Waals surface area (Å²) >= 11 is 0.990. The number of hydrogen-bond donors (Lipinski definition) is 1. The molecule has 0 unspecified atom stereocenters. The molecular weight excluding hydrogens is 309 g/mol. The predicted octanol–water partition coefficient (Wildman–Crippen LogP) is 1.09. The summed E-state index contributed by atoms with van der Waals surface area (Å²) in [6.07, 6.45) is -2.74. The Bertz CT molecular complexity index is 592. The van der Waals surface area contributed by atoms with E-state index in [1.54, 1.807) is 4.68 Å². The van der Waals surface area contributed by atoms with Crippen molar-refractivity contribution in [2.45, 2.75) is 43.4 Å². The number of unbranched alkanes of at least 4 members (excludes halogenated alkanes) is 1. The number of hydrogen-bond acceptors (Lipinski definition) is 7. The predicted molar refractivity (Wildman–Crippen MR) is 67.5 cm³/mol. The van der Waals surface area contributed by atoms with Crippen LogP contribution in [0.2, 0.25) is 0 Å². The van der Waals surface area contributed by atoms with Crippen LogP contribution in [-0.2, 0) is 18.5 Å². The van der Waals surface area contributed by atoms with Crippen LogP contribution in [0.5, 0.6) is 0 Å². The highest BCUT2D eigenvalue weighted by Crippen LogP contribution is 2.29. The normalized spacial score (nSPS) is 12.0. The second-order valence-electron chi connectivity index (χ2n) is 4.13. The van der Waals surface area contributed by atoms with E-state index < -0.39 is 12.0 Å². The summed E-state index contributed by atoms with van der Waals surface area (Å²) in [7, 11) is 0. The zero-order valence-corrected chi connectivity index (χ0v) is 11.9. The Labute approximate surface area is 121 Å². The zero-order valence-electron chi connectivity index (χ0n) is 11.1. The molecule has 0 aliphatic carbocycles. The van der Waals surface area contributed by atoms with Crippen molar-refractivity contribution >= 4 is 11.8 Å². The van der Waals surface area contributed by atoms with Gasteiger partial charge in [-0.25, -0.2) is 9.36 Å². The quantitative estimate of drug-likeness (QED) is 0.627. The molecular formula is C9H13F3N8S. The van der Waals surface area contributed by atoms with Gasteiger partial charge in [-0.05, 0) is 16.8 Å². The molecule has 0 bridgehead atoms. The van der Waals surface area contributed by atoms with E-state index in [-0.39, 0.29) is 10.9 Å². The molecule has 2 heterocycles. The highest BCUT2D eigenvalue weighted by Gasteiger charge is 2.38. The van der Waals surface area contributed by atoms with E-state index >= 15 is 0 Å². The van der Waals surface area contributed by atoms with Crippen molar-refractivity contribution < 1.29 is 13.2 Å². The molecule has 0 aliphatic rings. The fourth-order valence-corrected chi connectivity index (χ4v) is 2.30. The third-order valence-corrected chi connectivity index (χ3v) is 3.52. The summed E-state index contributed by atoms with van der Waals surface area (Å²) in [5, 5.41) is 17.6. The summed E-state index contributed by atoms with van der Waals surface area (Å²) in [6, 6.07) is 0. The Morgan fingerprint density at radius 3 is 2.62 bits per heavy atom. The van der Waals surface area contributed by atoms with Crippen LogP contribution < -0.4 is 5.84 Å². The molecule has 8 nitrogen and oxygen atoms in total. The van der Waals surface area contributed by atoms with Gasteiger partial charge in [0.25, 0.3) is 5.82 Å². The molecule has 0 atom stereocenters. The van der Waals surface area contributed by atoms with Crippen molar-refractivity contribution in [2.24, 2.45) is 0 Å². The number of nitrogen functional groups attached to an aromatic ring is 1. The van der Waals surface area contributed by atoms with Gasteiger partial charge in [-0.3, -0.25) is 0 Å². The van der Waals surface area contributed by atoms with E-state index in [9.17, 15) is 13.2 Å². The lowest BCUT2D eigenvalue weighted by Crippen LogP contribution is -2.21. The van der Waals surface area contributed by atoms with Gasteiger partial charge in [0.2, 0.25) is 5.16 Å². The van der Waals surface area contributed by atoms with E-state index in [1.807, 2.05) is 6.92 Å². The summed E-state index contributed by atoms with van der Waals surface area (Å²) in [6.45, 7) is 2.69. The van der Waals surface area contributed by atoms with E-state index in [0.29, 0.717) is 17.0 Å². The van der Waals surface area contributed by atoms with Crippen LogP contribution in [0.1, 0.15) is 31.4 Å². The highest BCUT2D eigenvalue weighted by molar-refractivity contribution is 7.98. The fraction of sp³-hybridized carbons (Fsp3) is 0.667. The van der Waals surface area contributed by atoms with E-state index in [2.05, 4.69) is 25.7 Å². The molecule has 12 heteroatoms. The molecule has 116 valence electrons. The van der Waals surface area contributed by atoms with Crippen LogP contribution in [0.3, 0.4) is 0 Å². The molecule has 0 aliphatic heterocycles. The second-order valence-corrected chi connectivity index (χ2v) is 5.08. The number of tetrazole rings is 1. The maximum absolute atomic E-state index is 12.5. The van der Waals surface area contributed by atoms with Gasteiger partial charge >= 0.3 is 6.18 Å². The Balaban J connectivity index is 2.04. The molecule has 2 aromatic heterocycles. The topological polar surface area (TPSA) is 100 Å². The van der Waals surface area contributed by atoms with Gasteiger partial charge in [-0.2, -0.15) is 13.2 Å². The molecule has 2 aromatic rings. The van der Waals surface area contributed by atoms with Crippen molar-refractivity contribution in [2.75, 3.05) is 5.84 Å². The molecule has 0 amide bonds. The summed E-state index contributed by atoms with van der Waals surface area (Å²) < 4.78 is 39.6. The third-order valence-electron chi connectivity index (χ3n) is 2.58. The fourth-order valence-electron chi connectivity index (χ4n) is 1.51. The van der Waals surface area contributed by atoms with Crippen molar-refractivity contribution in [1.82, 2.24) is 35.1 Å². The Kier molecular flexibility index (Phi) is 4.65. The van der Waals surface area contributed by atoms with Gasteiger partial charge in [0.1, 0.15) is 0 Å². The average molecular weight is 322 g/mol. The number of halogens is 3. The SMILES string of the molecule is CCCCn1nnnc1CSc1nnc(C(F)(F)F)n1N. The monoisotopic (exact) mass is 322 g/mol. The molecule has 0 saturated heterocycles. The Morgan fingerprint density at radius 2 is 2.00 bits per heavy atom. The number of alkyl halides is 3. The third kappa shape index (κ3) is 3.62. The van der Waals surface area contributed by atoms with Crippen molar-refractivity contribution in [3.8, 4) is 0 Å². The first kappa shape index (κ1) is 15.5. The van der Waals surface area contributed by atoms with Gasteiger partial charge in [-0.15, -0.1) is 15.3 Å². The maximum atomic E-state index is 12.5. The molecule has 0 aromatic carbocycles. The molecule has 21 heavy (non-hydrogen) atoms. The minimum absolute atomic E-state index is 0.0487. The molecule has 2 N–H and O–H groups in total. The van der Waals surface area contributed by atoms with Gasteiger partial charge in [-0.1, -0.05) is 25.1 Å².